The van der Waals surface area contributed by atoms with E-state index in [0.717, 1.165) is 31.6 Å². The number of furan rings is 1. The first-order valence-corrected chi connectivity index (χ1v) is 6.29. The smallest absolute Gasteiger partial charge is 0.108 e. The predicted molar refractivity (Wildman–Crippen MR) is 63.3 cm³/mol. The summed E-state index contributed by atoms with van der Waals surface area (Å²) < 4.78 is 5.45. The molecular weight excluding hydrogens is 202 g/mol. The fourth-order valence-corrected chi connectivity index (χ4v) is 2.33. The first-order valence-electron chi connectivity index (χ1n) is 6.29. The van der Waals surface area contributed by atoms with Crippen molar-refractivity contribution in [3.05, 3.63) is 23.7 Å². The Labute approximate surface area is 96.8 Å². The van der Waals surface area contributed by atoms with E-state index < -0.39 is 0 Å². The van der Waals surface area contributed by atoms with Crippen LogP contribution >= 0.6 is 0 Å². The number of fused-ring (bicyclic) bond motifs is 1. The molecule has 2 unspecified atom stereocenters. The van der Waals surface area contributed by atoms with Crippen LogP contribution in [-0.4, -0.2) is 17.8 Å². The predicted octanol–water partition coefficient (Wildman–Crippen LogP) is 2.41. The molecule has 0 bridgehead atoms. The second kappa shape index (κ2) is 5.51. The van der Waals surface area contributed by atoms with Crippen molar-refractivity contribution in [3.63, 3.8) is 0 Å². The summed E-state index contributed by atoms with van der Waals surface area (Å²) in [6, 6.07) is 2.49. The molecule has 1 aromatic rings. The molecule has 3 heteroatoms. The summed E-state index contributed by atoms with van der Waals surface area (Å²) in [5.74, 6) is 1.14. The van der Waals surface area contributed by atoms with Crippen molar-refractivity contribution in [3.8, 4) is 0 Å². The molecule has 2 rings (SSSR count). The van der Waals surface area contributed by atoms with Gasteiger partial charge in [-0.25, -0.2) is 0 Å². The third-order valence-corrected chi connectivity index (χ3v) is 3.39. The number of aryl methyl sites for hydroxylation is 1. The van der Waals surface area contributed by atoms with E-state index in [2.05, 4.69) is 11.4 Å². The van der Waals surface area contributed by atoms with Gasteiger partial charge in [-0.2, -0.15) is 0 Å². The van der Waals surface area contributed by atoms with E-state index in [0.29, 0.717) is 6.04 Å². The number of rotatable bonds is 5. The van der Waals surface area contributed by atoms with Crippen LogP contribution in [0.25, 0.3) is 0 Å². The lowest BCUT2D eigenvalue weighted by atomic mass is 9.93. The number of hydrogen-bond acceptors (Lipinski definition) is 3. The van der Waals surface area contributed by atoms with E-state index in [1.807, 2.05) is 6.92 Å². The maximum atomic E-state index is 9.48. The summed E-state index contributed by atoms with van der Waals surface area (Å²) in [7, 11) is 0. The van der Waals surface area contributed by atoms with Crippen LogP contribution in [0.15, 0.2) is 16.7 Å². The Kier molecular flexibility index (Phi) is 4.02. The average Bonchev–Trinajstić information content (AvgIpc) is 2.77. The maximum Gasteiger partial charge on any atom is 0.108 e. The lowest BCUT2D eigenvalue weighted by Gasteiger charge is -2.23. The standard InChI is InChI=1S/C13H21NO2/c1-2-10(15)6-8-14-12-4-3-5-13-11(12)7-9-16-13/h7,9-10,12,14-15H,2-6,8H2,1H3. The van der Waals surface area contributed by atoms with Crippen LogP contribution in [0.5, 0.6) is 0 Å². The van der Waals surface area contributed by atoms with Crippen LogP contribution in [0.1, 0.15) is 50.0 Å². The fraction of sp³-hybridized carbons (Fsp3) is 0.692. The van der Waals surface area contributed by atoms with Crippen LogP contribution < -0.4 is 5.32 Å². The normalized spacial score (nSPS) is 21.8. The molecule has 1 heterocycles. The lowest BCUT2D eigenvalue weighted by Crippen LogP contribution is -2.27. The highest BCUT2D eigenvalue weighted by Gasteiger charge is 2.21. The molecule has 0 amide bonds. The summed E-state index contributed by atoms with van der Waals surface area (Å²) in [5, 5.41) is 13.0. The fourth-order valence-electron chi connectivity index (χ4n) is 2.33. The minimum atomic E-state index is -0.167. The van der Waals surface area contributed by atoms with Crippen LogP contribution in [0.2, 0.25) is 0 Å². The molecule has 16 heavy (non-hydrogen) atoms. The zero-order chi connectivity index (χ0) is 11.4. The number of hydrogen-bond donors (Lipinski definition) is 2. The Morgan fingerprint density at radius 3 is 3.31 bits per heavy atom. The zero-order valence-electron chi connectivity index (χ0n) is 9.91. The van der Waals surface area contributed by atoms with Crippen LogP contribution in [-0.2, 0) is 6.42 Å². The Morgan fingerprint density at radius 2 is 2.50 bits per heavy atom. The molecule has 0 saturated carbocycles. The van der Waals surface area contributed by atoms with Gasteiger partial charge in [0.1, 0.15) is 5.76 Å². The first kappa shape index (κ1) is 11.7. The minimum absolute atomic E-state index is 0.167. The van der Waals surface area contributed by atoms with E-state index in [1.165, 1.54) is 18.4 Å². The highest BCUT2D eigenvalue weighted by atomic mass is 16.3. The molecule has 2 N–H and O–H groups in total. The van der Waals surface area contributed by atoms with E-state index in [-0.39, 0.29) is 6.10 Å². The molecular formula is C13H21NO2. The molecule has 2 atom stereocenters. The van der Waals surface area contributed by atoms with Crippen molar-refractivity contribution < 1.29 is 9.52 Å². The topological polar surface area (TPSA) is 45.4 Å². The molecule has 3 nitrogen and oxygen atoms in total. The summed E-state index contributed by atoms with van der Waals surface area (Å²) in [5.41, 5.74) is 1.32. The van der Waals surface area contributed by atoms with Gasteiger partial charge < -0.3 is 14.8 Å². The van der Waals surface area contributed by atoms with E-state index in [9.17, 15) is 5.11 Å². The van der Waals surface area contributed by atoms with Gasteiger partial charge in [-0.3, -0.25) is 0 Å². The Balaban J connectivity index is 1.83. The van der Waals surface area contributed by atoms with Gasteiger partial charge in [0, 0.05) is 18.0 Å². The first-order chi connectivity index (χ1) is 7.81. The van der Waals surface area contributed by atoms with Crippen molar-refractivity contribution in [2.45, 2.75) is 51.2 Å². The number of aliphatic hydroxyl groups excluding tert-OH is 1. The highest BCUT2D eigenvalue weighted by Crippen LogP contribution is 2.30. The van der Waals surface area contributed by atoms with Gasteiger partial charge in [0.25, 0.3) is 0 Å². The molecule has 0 aliphatic heterocycles. The molecule has 1 aromatic heterocycles. The highest BCUT2D eigenvalue weighted by molar-refractivity contribution is 5.23. The second-order valence-corrected chi connectivity index (χ2v) is 4.55. The van der Waals surface area contributed by atoms with E-state index >= 15 is 0 Å². The number of nitrogens with one attached hydrogen (secondary N) is 1. The average molecular weight is 223 g/mol. The largest absolute Gasteiger partial charge is 0.469 e. The van der Waals surface area contributed by atoms with Gasteiger partial charge in [-0.15, -0.1) is 0 Å². The molecule has 0 spiro atoms. The van der Waals surface area contributed by atoms with Crippen molar-refractivity contribution in [1.29, 1.82) is 0 Å². The summed E-state index contributed by atoms with van der Waals surface area (Å²) in [6.07, 6.45) is 6.72. The summed E-state index contributed by atoms with van der Waals surface area (Å²) in [6.45, 7) is 2.89. The SMILES string of the molecule is CCC(O)CCNC1CCCc2occc21. The Bertz CT molecular complexity index is 321. The quantitative estimate of drug-likeness (QED) is 0.805. The molecule has 0 radical (unpaired) electrons. The van der Waals surface area contributed by atoms with E-state index in [1.54, 1.807) is 6.26 Å². The Morgan fingerprint density at radius 1 is 1.62 bits per heavy atom. The minimum Gasteiger partial charge on any atom is -0.469 e. The van der Waals surface area contributed by atoms with Crippen molar-refractivity contribution in [2.24, 2.45) is 0 Å². The molecule has 1 aliphatic rings. The monoisotopic (exact) mass is 223 g/mol. The van der Waals surface area contributed by atoms with Gasteiger partial charge in [0.15, 0.2) is 0 Å². The second-order valence-electron chi connectivity index (χ2n) is 4.55. The van der Waals surface area contributed by atoms with Gasteiger partial charge in [-0.1, -0.05) is 6.92 Å². The third-order valence-electron chi connectivity index (χ3n) is 3.39. The number of aliphatic hydroxyl groups is 1. The van der Waals surface area contributed by atoms with Crippen molar-refractivity contribution >= 4 is 0 Å². The Hall–Kier alpha value is -0.800. The molecule has 1 aliphatic carbocycles. The molecule has 0 fully saturated rings. The zero-order valence-corrected chi connectivity index (χ0v) is 9.91. The van der Waals surface area contributed by atoms with Gasteiger partial charge >= 0.3 is 0 Å². The van der Waals surface area contributed by atoms with Gasteiger partial charge in [0.05, 0.1) is 12.4 Å². The van der Waals surface area contributed by atoms with Crippen LogP contribution in [0.4, 0.5) is 0 Å². The lowest BCUT2D eigenvalue weighted by molar-refractivity contribution is 0.158. The van der Waals surface area contributed by atoms with Crippen LogP contribution in [0, 0.1) is 0 Å². The summed E-state index contributed by atoms with van der Waals surface area (Å²) in [4.78, 5) is 0. The third kappa shape index (κ3) is 2.66. The van der Waals surface area contributed by atoms with Crippen LogP contribution in [0.3, 0.4) is 0 Å². The molecule has 0 aromatic carbocycles. The van der Waals surface area contributed by atoms with Crippen molar-refractivity contribution in [1.82, 2.24) is 5.32 Å². The maximum absolute atomic E-state index is 9.48. The summed E-state index contributed by atoms with van der Waals surface area (Å²) >= 11 is 0. The van der Waals surface area contributed by atoms with Crippen molar-refractivity contribution in [2.75, 3.05) is 6.54 Å². The van der Waals surface area contributed by atoms with Gasteiger partial charge in [0.2, 0.25) is 0 Å². The van der Waals surface area contributed by atoms with Gasteiger partial charge in [-0.05, 0) is 38.3 Å². The molecule has 0 saturated heterocycles. The van der Waals surface area contributed by atoms with E-state index in [4.69, 9.17) is 4.42 Å². The molecule has 90 valence electrons.